The van der Waals surface area contributed by atoms with Crippen LogP contribution >= 0.6 is 0 Å². The summed E-state index contributed by atoms with van der Waals surface area (Å²) in [4.78, 5) is 11.2. The molecule has 4 heteroatoms. The van der Waals surface area contributed by atoms with E-state index in [2.05, 4.69) is 5.92 Å². The smallest absolute Gasteiger partial charge is 0.305 e. The zero-order chi connectivity index (χ0) is 12.6. The largest absolute Gasteiger partial charge is 0.466 e. The van der Waals surface area contributed by atoms with Gasteiger partial charge in [-0.15, -0.1) is 12.3 Å². The van der Waals surface area contributed by atoms with Gasteiger partial charge >= 0.3 is 5.97 Å². The molecule has 0 amide bonds. The second-order valence-electron chi connectivity index (χ2n) is 3.97. The summed E-state index contributed by atoms with van der Waals surface area (Å²) < 4.78 is 16.1. The minimum absolute atomic E-state index is 0.169. The molecule has 17 heavy (non-hydrogen) atoms. The van der Waals surface area contributed by atoms with Crippen LogP contribution < -0.4 is 0 Å². The van der Waals surface area contributed by atoms with E-state index in [-0.39, 0.29) is 5.97 Å². The lowest BCUT2D eigenvalue weighted by Gasteiger charge is -2.26. The normalized spacial score (nSPS) is 17.6. The number of carbonyl (C=O) groups is 1. The van der Waals surface area contributed by atoms with Crippen molar-refractivity contribution in [2.45, 2.75) is 44.8 Å². The zero-order valence-corrected chi connectivity index (χ0v) is 10.4. The van der Waals surface area contributed by atoms with Crippen molar-refractivity contribution < 1.29 is 19.0 Å². The quantitative estimate of drug-likeness (QED) is 0.503. The highest BCUT2D eigenvalue weighted by Crippen LogP contribution is 2.30. The Morgan fingerprint density at radius 2 is 2.12 bits per heavy atom. The molecule has 0 atom stereocenters. The van der Waals surface area contributed by atoms with Crippen LogP contribution in [-0.4, -0.2) is 31.6 Å². The maximum Gasteiger partial charge on any atom is 0.305 e. The number of hydrogen-bond donors (Lipinski definition) is 0. The lowest BCUT2D eigenvalue weighted by Crippen LogP contribution is -2.30. The van der Waals surface area contributed by atoms with Gasteiger partial charge in [0.15, 0.2) is 5.79 Å². The van der Waals surface area contributed by atoms with Crippen LogP contribution in [0.1, 0.15) is 39.0 Å². The molecule has 1 heterocycles. The molecule has 0 radical (unpaired) electrons. The molecule has 0 aromatic rings. The van der Waals surface area contributed by atoms with Gasteiger partial charge in [-0.3, -0.25) is 4.79 Å². The van der Waals surface area contributed by atoms with Crippen molar-refractivity contribution in [1.82, 2.24) is 0 Å². The van der Waals surface area contributed by atoms with Gasteiger partial charge in [-0.2, -0.15) is 0 Å². The van der Waals surface area contributed by atoms with Gasteiger partial charge in [-0.25, -0.2) is 0 Å². The molecule has 0 aromatic carbocycles. The minimum atomic E-state index is -0.571. The number of terminal acetylenes is 1. The van der Waals surface area contributed by atoms with E-state index in [4.69, 9.17) is 20.6 Å². The third-order valence-electron chi connectivity index (χ3n) is 2.71. The molecule has 1 aliphatic heterocycles. The average Bonchev–Trinajstić information content (AvgIpc) is 2.76. The van der Waals surface area contributed by atoms with Crippen molar-refractivity contribution in [3.05, 3.63) is 0 Å². The molecule has 1 fully saturated rings. The maximum absolute atomic E-state index is 11.2. The maximum atomic E-state index is 11.2. The van der Waals surface area contributed by atoms with Crippen LogP contribution in [0.15, 0.2) is 0 Å². The van der Waals surface area contributed by atoms with Gasteiger partial charge in [0.25, 0.3) is 0 Å². The van der Waals surface area contributed by atoms with Gasteiger partial charge in [-0.05, 0) is 13.3 Å². The highest BCUT2D eigenvalue weighted by Gasteiger charge is 2.35. The number of esters is 1. The van der Waals surface area contributed by atoms with E-state index < -0.39 is 5.79 Å². The molecule has 0 aromatic heterocycles. The summed E-state index contributed by atoms with van der Waals surface area (Å²) in [6.07, 6.45) is 8.34. The van der Waals surface area contributed by atoms with Crippen molar-refractivity contribution in [2.24, 2.45) is 0 Å². The first-order chi connectivity index (χ1) is 8.22. The van der Waals surface area contributed by atoms with E-state index in [1.165, 1.54) is 0 Å². The van der Waals surface area contributed by atoms with Crippen molar-refractivity contribution in [1.29, 1.82) is 0 Å². The van der Waals surface area contributed by atoms with Crippen LogP contribution in [-0.2, 0) is 19.0 Å². The molecule has 0 saturated carbocycles. The van der Waals surface area contributed by atoms with E-state index in [9.17, 15) is 4.79 Å². The van der Waals surface area contributed by atoms with Gasteiger partial charge < -0.3 is 14.2 Å². The zero-order valence-electron chi connectivity index (χ0n) is 10.4. The Labute approximate surface area is 103 Å². The van der Waals surface area contributed by atoms with E-state index in [1.54, 1.807) is 6.92 Å². The highest BCUT2D eigenvalue weighted by molar-refractivity contribution is 5.69. The predicted octanol–water partition coefficient (Wildman–Crippen LogP) is 1.88. The number of ether oxygens (including phenoxy) is 3. The summed E-state index contributed by atoms with van der Waals surface area (Å²) in [6.45, 7) is 3.43. The summed E-state index contributed by atoms with van der Waals surface area (Å²) in [6, 6.07) is 0. The Hall–Kier alpha value is -1.05. The molecular formula is C13H20O4. The van der Waals surface area contributed by atoms with Crippen LogP contribution in [0.25, 0.3) is 0 Å². The highest BCUT2D eigenvalue weighted by atomic mass is 16.7. The first kappa shape index (κ1) is 14.0. The third-order valence-corrected chi connectivity index (χ3v) is 2.71. The Kier molecular flexibility index (Phi) is 6.03. The van der Waals surface area contributed by atoms with Crippen molar-refractivity contribution in [3.63, 3.8) is 0 Å². The second kappa shape index (κ2) is 7.31. The molecule has 96 valence electrons. The average molecular weight is 240 g/mol. The predicted molar refractivity (Wildman–Crippen MR) is 63.2 cm³/mol. The molecule has 0 spiro atoms. The van der Waals surface area contributed by atoms with Gasteiger partial charge in [0.2, 0.25) is 0 Å². The summed E-state index contributed by atoms with van der Waals surface area (Å²) in [5.41, 5.74) is 0. The first-order valence-electron chi connectivity index (χ1n) is 6.09. The number of carbonyl (C=O) groups excluding carboxylic acids is 1. The molecule has 0 N–H and O–H groups in total. The molecule has 1 saturated heterocycles. The molecule has 4 nitrogen and oxygen atoms in total. The fourth-order valence-electron chi connectivity index (χ4n) is 1.91. The lowest BCUT2D eigenvalue weighted by atomic mass is 10.0. The molecule has 0 aliphatic carbocycles. The van der Waals surface area contributed by atoms with Gasteiger partial charge in [-0.1, -0.05) is 0 Å². The van der Waals surface area contributed by atoms with Crippen LogP contribution in [0.2, 0.25) is 0 Å². The van der Waals surface area contributed by atoms with Crippen molar-refractivity contribution in [3.8, 4) is 12.3 Å². The summed E-state index contributed by atoms with van der Waals surface area (Å²) in [5, 5.41) is 0. The molecule has 1 rings (SSSR count). The van der Waals surface area contributed by atoms with Gasteiger partial charge in [0, 0.05) is 25.7 Å². The fourth-order valence-corrected chi connectivity index (χ4v) is 1.91. The van der Waals surface area contributed by atoms with Crippen LogP contribution in [0, 0.1) is 12.3 Å². The van der Waals surface area contributed by atoms with Crippen LogP contribution in [0.3, 0.4) is 0 Å². The molecule has 1 aliphatic rings. The van der Waals surface area contributed by atoms with Crippen LogP contribution in [0.5, 0.6) is 0 Å². The Morgan fingerprint density at radius 1 is 1.41 bits per heavy atom. The van der Waals surface area contributed by atoms with Gasteiger partial charge in [0.1, 0.15) is 0 Å². The Bertz CT molecular complexity index is 274. The fraction of sp³-hybridized carbons (Fsp3) is 0.769. The second-order valence-corrected chi connectivity index (χ2v) is 3.97. The Balaban J connectivity index is 2.30. The summed E-state index contributed by atoms with van der Waals surface area (Å²) >= 11 is 0. The monoisotopic (exact) mass is 240 g/mol. The number of rotatable bonds is 7. The number of hydrogen-bond acceptors (Lipinski definition) is 4. The molecular weight excluding hydrogens is 220 g/mol. The summed E-state index contributed by atoms with van der Waals surface area (Å²) in [5.74, 6) is 1.85. The van der Waals surface area contributed by atoms with E-state index in [0.717, 1.165) is 0 Å². The topological polar surface area (TPSA) is 44.8 Å². The Morgan fingerprint density at radius 3 is 2.71 bits per heavy atom. The van der Waals surface area contributed by atoms with Crippen molar-refractivity contribution in [2.75, 3.05) is 19.8 Å². The standard InChI is InChI=1S/C13H20O4/c1-3-5-8-13(16-10-11-17-13)9-6-7-12(14)15-4-2/h1H,4-11H2,2H3. The summed E-state index contributed by atoms with van der Waals surface area (Å²) in [7, 11) is 0. The lowest BCUT2D eigenvalue weighted by molar-refractivity contribution is -0.168. The first-order valence-corrected chi connectivity index (χ1v) is 6.09. The molecule has 0 bridgehead atoms. The van der Waals surface area contributed by atoms with E-state index >= 15 is 0 Å². The van der Waals surface area contributed by atoms with Crippen LogP contribution in [0.4, 0.5) is 0 Å². The minimum Gasteiger partial charge on any atom is -0.466 e. The third kappa shape index (κ3) is 4.76. The van der Waals surface area contributed by atoms with Gasteiger partial charge in [0.05, 0.1) is 19.8 Å². The van der Waals surface area contributed by atoms with Crippen molar-refractivity contribution >= 4 is 5.97 Å². The SMILES string of the molecule is C#CCCC1(CCCC(=O)OCC)OCCO1. The molecule has 0 unspecified atom stereocenters. The van der Waals surface area contributed by atoms with E-state index in [0.29, 0.717) is 51.9 Å². The van der Waals surface area contributed by atoms with E-state index in [1.807, 2.05) is 0 Å².